The molecular formula is C18H22N2O3. The molecule has 2 saturated carbocycles. The van der Waals surface area contributed by atoms with Crippen LogP contribution in [0.4, 0.5) is 0 Å². The summed E-state index contributed by atoms with van der Waals surface area (Å²) in [7, 11) is 0. The Hall–Kier alpha value is -1.78. The zero-order chi connectivity index (χ0) is 16.2. The van der Waals surface area contributed by atoms with Crippen molar-refractivity contribution in [2.45, 2.75) is 57.0 Å². The number of nitrogens with zero attached hydrogens (tertiary/aromatic N) is 2. The molecule has 0 bridgehead atoms. The average molecular weight is 314 g/mol. The van der Waals surface area contributed by atoms with Crippen LogP contribution in [-0.4, -0.2) is 11.1 Å². The SMILES string of the molecule is C[C@]12CC[C@@H]3c4ccc(O)cc4C(N=O)C[C@H]3[C@@H]1CCC2N=O. The van der Waals surface area contributed by atoms with E-state index in [9.17, 15) is 14.9 Å². The van der Waals surface area contributed by atoms with Crippen LogP contribution < -0.4 is 0 Å². The van der Waals surface area contributed by atoms with Gasteiger partial charge in [-0.25, -0.2) is 0 Å². The van der Waals surface area contributed by atoms with Gasteiger partial charge in [0, 0.05) is 0 Å². The number of aromatic hydroxyl groups is 1. The van der Waals surface area contributed by atoms with Crippen LogP contribution in [0.1, 0.15) is 62.1 Å². The van der Waals surface area contributed by atoms with Gasteiger partial charge in [0.1, 0.15) is 11.8 Å². The Bertz CT molecular complexity index is 662. The molecule has 0 amide bonds. The van der Waals surface area contributed by atoms with Crippen molar-refractivity contribution in [1.29, 1.82) is 0 Å². The van der Waals surface area contributed by atoms with Gasteiger partial charge in [0.2, 0.25) is 0 Å². The highest BCUT2D eigenvalue weighted by atomic mass is 16.3. The van der Waals surface area contributed by atoms with E-state index in [2.05, 4.69) is 17.3 Å². The molecule has 122 valence electrons. The Balaban J connectivity index is 1.76. The Kier molecular flexibility index (Phi) is 3.29. The molecular weight excluding hydrogens is 292 g/mol. The molecule has 1 aromatic carbocycles. The minimum atomic E-state index is -0.385. The van der Waals surface area contributed by atoms with E-state index in [1.807, 2.05) is 6.07 Å². The first-order valence-corrected chi connectivity index (χ1v) is 8.56. The Morgan fingerprint density at radius 1 is 1.13 bits per heavy atom. The predicted octanol–water partition coefficient (Wildman–Crippen LogP) is 4.65. The van der Waals surface area contributed by atoms with Crippen LogP contribution in [0.3, 0.4) is 0 Å². The second-order valence-electron chi connectivity index (χ2n) is 7.79. The van der Waals surface area contributed by atoms with Crippen molar-refractivity contribution in [1.82, 2.24) is 0 Å². The first-order chi connectivity index (χ1) is 11.1. The second-order valence-corrected chi connectivity index (χ2v) is 7.79. The smallest absolute Gasteiger partial charge is 0.118 e. The molecule has 23 heavy (non-hydrogen) atoms. The Morgan fingerprint density at radius 3 is 2.70 bits per heavy atom. The quantitative estimate of drug-likeness (QED) is 0.807. The predicted molar refractivity (Wildman–Crippen MR) is 87.1 cm³/mol. The third-order valence-electron chi connectivity index (χ3n) is 6.97. The molecule has 2 unspecified atom stereocenters. The van der Waals surface area contributed by atoms with Crippen LogP contribution in [0.25, 0.3) is 0 Å². The lowest BCUT2D eigenvalue weighted by Gasteiger charge is -2.50. The van der Waals surface area contributed by atoms with Crippen molar-refractivity contribution in [3.05, 3.63) is 39.1 Å². The van der Waals surface area contributed by atoms with Gasteiger partial charge in [-0.1, -0.05) is 23.3 Å². The number of fused-ring (bicyclic) bond motifs is 5. The standard InChI is InChI=1S/C18H22N2O3/c1-18-7-6-12-11-3-2-10(21)8-14(11)16(19-22)9-13(12)15(18)4-5-17(18)20-23/h2-3,8,12-13,15-17,21H,4-7,9H2,1H3/t12-,13-,15+,16?,17?,18+/m1/s1. The molecule has 3 aliphatic carbocycles. The third-order valence-corrected chi connectivity index (χ3v) is 6.97. The maximum absolute atomic E-state index is 11.4. The maximum Gasteiger partial charge on any atom is 0.118 e. The van der Waals surface area contributed by atoms with Gasteiger partial charge in [0.05, 0.1) is 6.04 Å². The van der Waals surface area contributed by atoms with E-state index in [0.717, 1.165) is 37.7 Å². The van der Waals surface area contributed by atoms with Gasteiger partial charge >= 0.3 is 0 Å². The van der Waals surface area contributed by atoms with E-state index in [0.29, 0.717) is 17.8 Å². The Labute approximate surface area is 135 Å². The van der Waals surface area contributed by atoms with E-state index in [4.69, 9.17) is 0 Å². The molecule has 0 aromatic heterocycles. The summed E-state index contributed by atoms with van der Waals surface area (Å²) < 4.78 is 0. The molecule has 0 radical (unpaired) electrons. The van der Waals surface area contributed by atoms with Crippen LogP contribution in [0.15, 0.2) is 28.6 Å². The summed E-state index contributed by atoms with van der Waals surface area (Å²) in [6, 6.07) is 4.91. The summed E-state index contributed by atoms with van der Waals surface area (Å²) >= 11 is 0. The lowest BCUT2D eigenvalue weighted by Crippen LogP contribution is -2.43. The molecule has 5 nitrogen and oxygen atoms in total. The fraction of sp³-hybridized carbons (Fsp3) is 0.667. The molecule has 1 aromatic rings. The van der Waals surface area contributed by atoms with Crippen molar-refractivity contribution in [3.63, 3.8) is 0 Å². The normalized spacial score (nSPS) is 41.5. The average Bonchev–Trinajstić information content (AvgIpc) is 2.90. The molecule has 5 heteroatoms. The number of nitroso groups, excluding NO2 is 2. The van der Waals surface area contributed by atoms with E-state index < -0.39 is 0 Å². The molecule has 1 N–H and O–H groups in total. The first-order valence-electron chi connectivity index (χ1n) is 8.56. The summed E-state index contributed by atoms with van der Waals surface area (Å²) in [4.78, 5) is 22.6. The van der Waals surface area contributed by atoms with E-state index in [-0.39, 0.29) is 23.2 Å². The van der Waals surface area contributed by atoms with Gasteiger partial charge in [-0.3, -0.25) is 0 Å². The van der Waals surface area contributed by atoms with E-state index >= 15 is 0 Å². The zero-order valence-electron chi connectivity index (χ0n) is 13.3. The molecule has 4 rings (SSSR count). The number of phenols is 1. The fourth-order valence-electron chi connectivity index (χ4n) is 5.82. The first kappa shape index (κ1) is 14.8. The zero-order valence-corrected chi connectivity index (χ0v) is 13.3. The summed E-state index contributed by atoms with van der Waals surface area (Å²) in [6.07, 6.45) is 4.65. The summed E-state index contributed by atoms with van der Waals surface area (Å²) in [6.45, 7) is 2.21. The van der Waals surface area contributed by atoms with Crippen molar-refractivity contribution in [3.8, 4) is 5.75 Å². The molecule has 0 saturated heterocycles. The highest BCUT2D eigenvalue weighted by Gasteiger charge is 2.56. The number of hydrogen-bond donors (Lipinski definition) is 1. The van der Waals surface area contributed by atoms with Crippen molar-refractivity contribution < 1.29 is 5.11 Å². The number of benzene rings is 1. The third kappa shape index (κ3) is 1.98. The largest absolute Gasteiger partial charge is 0.508 e. The molecule has 2 fully saturated rings. The lowest BCUT2D eigenvalue weighted by molar-refractivity contribution is 0.0447. The topological polar surface area (TPSA) is 79.1 Å². The van der Waals surface area contributed by atoms with Crippen molar-refractivity contribution in [2.75, 3.05) is 0 Å². The highest BCUT2D eigenvalue weighted by molar-refractivity contribution is 5.42. The van der Waals surface area contributed by atoms with Crippen LogP contribution in [0.5, 0.6) is 5.75 Å². The lowest BCUT2D eigenvalue weighted by atomic mass is 9.54. The number of phenolic OH excluding ortho intramolecular Hbond substituents is 1. The monoisotopic (exact) mass is 314 g/mol. The number of hydrogen-bond acceptors (Lipinski definition) is 5. The van der Waals surface area contributed by atoms with Gasteiger partial charge in [-0.05, 0) is 78.5 Å². The minimum Gasteiger partial charge on any atom is -0.508 e. The molecule has 3 aliphatic rings. The molecule has 0 aliphatic heterocycles. The van der Waals surface area contributed by atoms with Crippen LogP contribution in [0.2, 0.25) is 0 Å². The summed E-state index contributed by atoms with van der Waals surface area (Å²) in [5.41, 5.74) is 2.05. The Morgan fingerprint density at radius 2 is 1.96 bits per heavy atom. The minimum absolute atomic E-state index is 0.0230. The van der Waals surface area contributed by atoms with Gasteiger partial charge in [-0.15, -0.1) is 0 Å². The summed E-state index contributed by atoms with van der Waals surface area (Å²) in [5, 5.41) is 16.5. The molecule has 0 spiro atoms. The fourth-order valence-corrected chi connectivity index (χ4v) is 5.82. The molecule has 6 atom stereocenters. The molecule has 0 heterocycles. The van der Waals surface area contributed by atoms with E-state index in [1.165, 1.54) is 5.56 Å². The number of rotatable bonds is 2. The maximum atomic E-state index is 11.4. The second kappa shape index (κ2) is 5.11. The van der Waals surface area contributed by atoms with Gasteiger partial charge in [-0.2, -0.15) is 9.81 Å². The van der Waals surface area contributed by atoms with Crippen LogP contribution in [0, 0.1) is 27.1 Å². The van der Waals surface area contributed by atoms with Crippen LogP contribution in [-0.2, 0) is 0 Å². The van der Waals surface area contributed by atoms with Crippen LogP contribution >= 0.6 is 0 Å². The van der Waals surface area contributed by atoms with Crippen molar-refractivity contribution in [2.24, 2.45) is 27.6 Å². The van der Waals surface area contributed by atoms with Crippen molar-refractivity contribution >= 4 is 0 Å². The van der Waals surface area contributed by atoms with Gasteiger partial charge < -0.3 is 5.11 Å². The van der Waals surface area contributed by atoms with Gasteiger partial charge in [0.15, 0.2) is 0 Å². The highest BCUT2D eigenvalue weighted by Crippen LogP contribution is 2.63. The van der Waals surface area contributed by atoms with Gasteiger partial charge in [0.25, 0.3) is 0 Å². The van der Waals surface area contributed by atoms with E-state index in [1.54, 1.807) is 12.1 Å². The summed E-state index contributed by atoms with van der Waals surface area (Å²) in [5.74, 6) is 1.44.